The summed E-state index contributed by atoms with van der Waals surface area (Å²) in [5.41, 5.74) is -2.00. The largest absolute Gasteiger partial charge is 0.481 e. The SMILES string of the molecule is C#CCN1C(=O)NC(=O)C1C[C@@]1(C(=O)O)[C@H](/C=C\C(=O)OCC2CC2)C1(C)C. The van der Waals surface area contributed by atoms with Crippen LogP contribution in [0.25, 0.3) is 0 Å². The Labute approximate surface area is 163 Å². The number of imide groups is 1. The Morgan fingerprint density at radius 2 is 2.07 bits per heavy atom. The maximum absolute atomic E-state index is 12.2. The van der Waals surface area contributed by atoms with E-state index in [2.05, 4.69) is 11.2 Å². The molecule has 28 heavy (non-hydrogen) atoms. The standard InChI is InChI=1S/C20H24N2O6/c1-4-9-22-13(16(24)21-18(22)27)10-20(17(25)26)14(19(20,2)3)7-8-15(23)28-11-12-5-6-12/h1,7-8,12-14H,5-6,9-11H2,2-3H3,(H,25,26)(H,21,24,27)/b8-7-/t13?,14-,20+/m1/s1. The lowest BCUT2D eigenvalue weighted by molar-refractivity contribution is -0.146. The third-order valence-corrected chi connectivity index (χ3v) is 6.29. The second-order valence-corrected chi connectivity index (χ2v) is 8.25. The van der Waals surface area contributed by atoms with Crippen molar-refractivity contribution in [2.45, 2.75) is 39.2 Å². The van der Waals surface area contributed by atoms with Gasteiger partial charge in [0.05, 0.1) is 18.6 Å². The van der Waals surface area contributed by atoms with Crippen LogP contribution < -0.4 is 5.32 Å². The Morgan fingerprint density at radius 3 is 2.64 bits per heavy atom. The van der Waals surface area contributed by atoms with Gasteiger partial charge in [0.15, 0.2) is 0 Å². The predicted molar refractivity (Wildman–Crippen MR) is 97.6 cm³/mol. The highest BCUT2D eigenvalue weighted by Crippen LogP contribution is 2.72. The van der Waals surface area contributed by atoms with Crippen LogP contribution in [0.3, 0.4) is 0 Å². The van der Waals surface area contributed by atoms with Gasteiger partial charge in [0, 0.05) is 12.0 Å². The molecule has 150 valence electrons. The molecule has 3 fully saturated rings. The molecular weight excluding hydrogens is 364 g/mol. The van der Waals surface area contributed by atoms with Crippen molar-refractivity contribution in [2.75, 3.05) is 13.2 Å². The van der Waals surface area contributed by atoms with Crippen molar-refractivity contribution in [2.24, 2.45) is 22.7 Å². The van der Waals surface area contributed by atoms with Crippen LogP contribution in [-0.4, -0.2) is 53.1 Å². The monoisotopic (exact) mass is 388 g/mol. The number of carboxylic acids is 1. The fourth-order valence-corrected chi connectivity index (χ4v) is 4.23. The minimum Gasteiger partial charge on any atom is -0.481 e. The van der Waals surface area contributed by atoms with Crippen molar-refractivity contribution < 1.29 is 29.0 Å². The lowest BCUT2D eigenvalue weighted by Crippen LogP contribution is -2.40. The Balaban J connectivity index is 1.76. The number of allylic oxidation sites excluding steroid dienone is 1. The van der Waals surface area contributed by atoms with Gasteiger partial charge in [-0.2, -0.15) is 0 Å². The molecule has 1 saturated heterocycles. The number of carboxylic acid groups (broad SMARTS) is 1. The van der Waals surface area contributed by atoms with Gasteiger partial charge >= 0.3 is 18.0 Å². The molecule has 3 amide bonds. The van der Waals surface area contributed by atoms with Gasteiger partial charge in [-0.1, -0.05) is 25.8 Å². The molecule has 1 aliphatic heterocycles. The first-order valence-electron chi connectivity index (χ1n) is 9.28. The highest BCUT2D eigenvalue weighted by molar-refractivity contribution is 6.04. The smallest absolute Gasteiger partial charge is 0.330 e. The number of carbonyl (C=O) groups is 4. The third-order valence-electron chi connectivity index (χ3n) is 6.29. The number of esters is 1. The topological polar surface area (TPSA) is 113 Å². The average molecular weight is 388 g/mol. The number of carbonyl (C=O) groups excluding carboxylic acids is 3. The lowest BCUT2D eigenvalue weighted by Gasteiger charge is -2.24. The first-order chi connectivity index (χ1) is 13.1. The molecule has 0 aromatic carbocycles. The molecule has 0 bridgehead atoms. The molecule has 8 heteroatoms. The maximum Gasteiger partial charge on any atom is 0.330 e. The summed E-state index contributed by atoms with van der Waals surface area (Å²) in [5.74, 6) is 0.130. The first-order valence-corrected chi connectivity index (χ1v) is 9.28. The molecule has 0 aromatic rings. The van der Waals surface area contributed by atoms with Crippen LogP contribution in [0.15, 0.2) is 12.2 Å². The van der Waals surface area contributed by atoms with Crippen molar-refractivity contribution in [1.29, 1.82) is 0 Å². The summed E-state index contributed by atoms with van der Waals surface area (Å²) in [4.78, 5) is 49.4. The second-order valence-electron chi connectivity index (χ2n) is 8.25. The number of hydrogen-bond donors (Lipinski definition) is 2. The number of urea groups is 1. The van der Waals surface area contributed by atoms with E-state index >= 15 is 0 Å². The molecule has 2 saturated carbocycles. The van der Waals surface area contributed by atoms with Gasteiger partial charge in [0.1, 0.15) is 6.04 Å². The molecular formula is C20H24N2O6. The van der Waals surface area contributed by atoms with Crippen LogP contribution in [0, 0.1) is 35.0 Å². The van der Waals surface area contributed by atoms with E-state index in [0.29, 0.717) is 12.5 Å². The highest BCUT2D eigenvalue weighted by atomic mass is 16.5. The molecule has 0 spiro atoms. The molecule has 1 unspecified atom stereocenters. The predicted octanol–water partition coefficient (Wildman–Crippen LogP) is 1.17. The van der Waals surface area contributed by atoms with E-state index in [-0.39, 0.29) is 13.0 Å². The lowest BCUT2D eigenvalue weighted by atomic mass is 9.88. The van der Waals surface area contributed by atoms with E-state index < -0.39 is 46.7 Å². The van der Waals surface area contributed by atoms with Gasteiger partial charge in [0.25, 0.3) is 5.91 Å². The Hall–Kier alpha value is -2.82. The number of rotatable bonds is 8. The van der Waals surface area contributed by atoms with E-state index in [9.17, 15) is 24.3 Å². The zero-order valence-electron chi connectivity index (χ0n) is 15.9. The molecule has 0 aromatic heterocycles. The quantitative estimate of drug-likeness (QED) is 0.279. The van der Waals surface area contributed by atoms with Crippen LogP contribution in [-0.2, 0) is 19.1 Å². The Kier molecular flexibility index (Phi) is 4.96. The molecule has 3 atom stereocenters. The summed E-state index contributed by atoms with van der Waals surface area (Å²) < 4.78 is 5.14. The van der Waals surface area contributed by atoms with Gasteiger partial charge in [-0.05, 0) is 30.6 Å². The van der Waals surface area contributed by atoms with Crippen LogP contribution in [0.1, 0.15) is 33.1 Å². The summed E-state index contributed by atoms with van der Waals surface area (Å²) in [7, 11) is 0. The summed E-state index contributed by atoms with van der Waals surface area (Å²) >= 11 is 0. The average Bonchev–Trinajstić information content (AvgIpc) is 3.49. The number of ether oxygens (including phenoxy) is 1. The number of amides is 3. The molecule has 2 N–H and O–H groups in total. The van der Waals surface area contributed by atoms with Gasteiger partial charge < -0.3 is 14.7 Å². The van der Waals surface area contributed by atoms with Gasteiger partial charge in [0.2, 0.25) is 0 Å². The summed E-state index contributed by atoms with van der Waals surface area (Å²) in [6.45, 7) is 3.83. The summed E-state index contributed by atoms with van der Waals surface area (Å²) in [5, 5.41) is 12.1. The van der Waals surface area contributed by atoms with E-state index in [4.69, 9.17) is 11.2 Å². The van der Waals surface area contributed by atoms with Gasteiger partial charge in [-0.25, -0.2) is 9.59 Å². The van der Waals surface area contributed by atoms with Crippen LogP contribution >= 0.6 is 0 Å². The zero-order valence-corrected chi connectivity index (χ0v) is 15.9. The van der Waals surface area contributed by atoms with Crippen LogP contribution in [0.5, 0.6) is 0 Å². The van der Waals surface area contributed by atoms with Crippen LogP contribution in [0.4, 0.5) is 4.79 Å². The Bertz CT molecular complexity index is 791. The fraction of sp³-hybridized carbons (Fsp3) is 0.600. The summed E-state index contributed by atoms with van der Waals surface area (Å²) in [6.07, 6.45) is 10.1. The number of terminal acetylenes is 1. The third kappa shape index (κ3) is 3.26. The maximum atomic E-state index is 12.2. The van der Waals surface area contributed by atoms with Gasteiger partial charge in [-0.3, -0.25) is 14.9 Å². The molecule has 3 rings (SSSR count). The first kappa shape index (κ1) is 19.9. The second kappa shape index (κ2) is 6.97. The minimum atomic E-state index is -1.29. The van der Waals surface area contributed by atoms with E-state index in [1.807, 2.05) is 0 Å². The number of nitrogens with zero attached hydrogens (tertiary/aromatic N) is 1. The highest BCUT2D eigenvalue weighted by Gasteiger charge is 2.75. The van der Waals surface area contributed by atoms with Crippen molar-refractivity contribution in [3.05, 3.63) is 12.2 Å². The number of nitrogens with one attached hydrogen (secondary N) is 1. The molecule has 0 radical (unpaired) electrons. The van der Waals surface area contributed by atoms with Crippen molar-refractivity contribution in [3.63, 3.8) is 0 Å². The number of hydrogen-bond acceptors (Lipinski definition) is 5. The number of aliphatic carboxylic acids is 1. The van der Waals surface area contributed by atoms with Crippen molar-refractivity contribution in [3.8, 4) is 12.3 Å². The fourth-order valence-electron chi connectivity index (χ4n) is 4.23. The van der Waals surface area contributed by atoms with E-state index in [0.717, 1.165) is 12.8 Å². The van der Waals surface area contributed by atoms with E-state index in [1.54, 1.807) is 19.9 Å². The van der Waals surface area contributed by atoms with Crippen molar-refractivity contribution in [1.82, 2.24) is 10.2 Å². The molecule has 3 aliphatic rings. The Morgan fingerprint density at radius 1 is 1.39 bits per heavy atom. The van der Waals surface area contributed by atoms with E-state index in [1.165, 1.54) is 11.0 Å². The zero-order chi connectivity index (χ0) is 20.7. The normalized spacial score (nSPS) is 30.8. The van der Waals surface area contributed by atoms with Crippen LogP contribution in [0.2, 0.25) is 0 Å². The molecule has 1 heterocycles. The summed E-state index contributed by atoms with van der Waals surface area (Å²) in [6, 6.07) is -1.58. The van der Waals surface area contributed by atoms with Gasteiger partial charge in [-0.15, -0.1) is 6.42 Å². The minimum absolute atomic E-state index is 0.0826. The molecule has 8 nitrogen and oxygen atoms in total. The molecule has 2 aliphatic carbocycles. The van der Waals surface area contributed by atoms with Crippen molar-refractivity contribution >= 4 is 23.9 Å².